The van der Waals surface area contributed by atoms with Crippen molar-refractivity contribution >= 4 is 43.9 Å². The first kappa shape index (κ1) is 11.9. The second-order valence-corrected chi connectivity index (χ2v) is 5.11. The van der Waals surface area contributed by atoms with Crippen molar-refractivity contribution in [2.75, 3.05) is 17.7 Å². The Labute approximate surface area is 111 Å². The maximum absolute atomic E-state index is 8.99. The average Bonchev–Trinajstić information content (AvgIpc) is 2.74. The number of thiazole rings is 1. The molecule has 0 fully saturated rings. The number of hydrogen-bond donors (Lipinski definition) is 2. The van der Waals surface area contributed by atoms with Crippen molar-refractivity contribution in [1.29, 1.82) is 5.26 Å². The summed E-state index contributed by atoms with van der Waals surface area (Å²) in [4.78, 5) is 4.85. The molecule has 0 spiro atoms. The maximum Gasteiger partial charge on any atom is 0.185 e. The first-order valence-electron chi connectivity index (χ1n) is 4.84. The molecule has 1 heterocycles. The summed E-state index contributed by atoms with van der Waals surface area (Å²) in [7, 11) is 1.78. The van der Waals surface area contributed by atoms with Crippen molar-refractivity contribution in [2.45, 2.75) is 0 Å². The summed E-state index contributed by atoms with van der Waals surface area (Å²) in [5.41, 5.74) is 0.901. The van der Waals surface area contributed by atoms with E-state index in [4.69, 9.17) is 5.26 Å². The molecule has 2 rings (SSSR count). The van der Waals surface area contributed by atoms with Crippen LogP contribution in [0.4, 0.5) is 16.6 Å². The van der Waals surface area contributed by atoms with Gasteiger partial charge >= 0.3 is 0 Å². The zero-order valence-corrected chi connectivity index (χ0v) is 11.4. The first-order chi connectivity index (χ1) is 8.22. The minimum Gasteiger partial charge on any atom is -0.364 e. The van der Waals surface area contributed by atoms with E-state index in [-0.39, 0.29) is 0 Å². The van der Waals surface area contributed by atoms with Crippen molar-refractivity contribution in [3.05, 3.63) is 33.6 Å². The molecule has 2 aromatic rings. The summed E-state index contributed by atoms with van der Waals surface area (Å²) in [6.07, 6.45) is 0. The molecule has 4 nitrogen and oxygen atoms in total. The van der Waals surface area contributed by atoms with E-state index >= 15 is 0 Å². The van der Waals surface area contributed by atoms with Gasteiger partial charge in [-0.25, -0.2) is 4.98 Å². The van der Waals surface area contributed by atoms with E-state index in [1.807, 2.05) is 24.3 Å². The van der Waals surface area contributed by atoms with Gasteiger partial charge < -0.3 is 10.6 Å². The molecule has 0 saturated heterocycles. The lowest BCUT2D eigenvalue weighted by Crippen LogP contribution is -1.93. The number of nitrogens with one attached hydrogen (secondary N) is 2. The molecule has 0 aliphatic carbocycles. The van der Waals surface area contributed by atoms with Gasteiger partial charge in [-0.15, -0.1) is 0 Å². The predicted octanol–water partition coefficient (Wildman–Crippen LogP) is 3.56. The predicted molar refractivity (Wildman–Crippen MR) is 73.8 cm³/mol. The molecule has 0 unspecified atom stereocenters. The number of nitriles is 1. The van der Waals surface area contributed by atoms with Crippen LogP contribution in [-0.2, 0) is 0 Å². The van der Waals surface area contributed by atoms with Crippen molar-refractivity contribution < 1.29 is 0 Å². The zero-order chi connectivity index (χ0) is 12.3. The van der Waals surface area contributed by atoms with E-state index in [1.165, 1.54) is 11.3 Å². The molecule has 1 aromatic carbocycles. The highest BCUT2D eigenvalue weighted by molar-refractivity contribution is 9.10. The fourth-order valence-corrected chi connectivity index (χ4v) is 2.19. The van der Waals surface area contributed by atoms with Crippen LogP contribution < -0.4 is 10.6 Å². The molecule has 17 heavy (non-hydrogen) atoms. The Morgan fingerprint density at radius 3 is 2.65 bits per heavy atom. The number of hydrogen-bond acceptors (Lipinski definition) is 5. The smallest absolute Gasteiger partial charge is 0.185 e. The van der Waals surface area contributed by atoms with Crippen LogP contribution in [0.2, 0.25) is 0 Å². The van der Waals surface area contributed by atoms with Crippen LogP contribution in [0.15, 0.2) is 28.7 Å². The van der Waals surface area contributed by atoms with Gasteiger partial charge in [0.05, 0.1) is 0 Å². The Hall–Kier alpha value is -1.58. The number of aromatic nitrogens is 1. The standard InChI is InChI=1S/C11H9BrN4S/c1-14-11-16-10(9(6-13)17-11)15-8-4-2-7(12)3-5-8/h2-5,15H,1H3,(H,14,16). The molecule has 2 N–H and O–H groups in total. The number of rotatable bonds is 3. The fourth-order valence-electron chi connectivity index (χ4n) is 1.26. The number of nitrogens with zero attached hydrogens (tertiary/aromatic N) is 2. The zero-order valence-electron chi connectivity index (χ0n) is 8.99. The van der Waals surface area contributed by atoms with E-state index in [1.54, 1.807) is 7.05 Å². The maximum atomic E-state index is 8.99. The van der Waals surface area contributed by atoms with Crippen LogP contribution in [0, 0.1) is 11.3 Å². The molecule has 0 aliphatic rings. The highest BCUT2D eigenvalue weighted by atomic mass is 79.9. The monoisotopic (exact) mass is 308 g/mol. The number of halogens is 1. The normalized spacial score (nSPS) is 9.71. The topological polar surface area (TPSA) is 60.7 Å². The molecule has 0 saturated carbocycles. The van der Waals surface area contributed by atoms with Gasteiger partial charge in [0.25, 0.3) is 0 Å². The third-order valence-corrected chi connectivity index (χ3v) is 3.56. The summed E-state index contributed by atoms with van der Waals surface area (Å²) >= 11 is 4.70. The highest BCUT2D eigenvalue weighted by Crippen LogP contribution is 2.28. The molecule has 6 heteroatoms. The molecule has 86 valence electrons. The number of anilines is 3. The van der Waals surface area contributed by atoms with Crippen molar-refractivity contribution in [1.82, 2.24) is 4.98 Å². The molecule has 0 bridgehead atoms. The van der Waals surface area contributed by atoms with Crippen molar-refractivity contribution in [3.8, 4) is 6.07 Å². The Kier molecular flexibility index (Phi) is 3.61. The molecule has 0 atom stereocenters. The van der Waals surface area contributed by atoms with Crippen LogP contribution in [0.5, 0.6) is 0 Å². The summed E-state index contributed by atoms with van der Waals surface area (Å²) < 4.78 is 1.01. The lowest BCUT2D eigenvalue weighted by Gasteiger charge is -2.02. The fraction of sp³-hybridized carbons (Fsp3) is 0.0909. The van der Waals surface area contributed by atoms with Crippen LogP contribution in [0.3, 0.4) is 0 Å². The molecule has 1 aromatic heterocycles. The highest BCUT2D eigenvalue weighted by Gasteiger charge is 2.09. The van der Waals surface area contributed by atoms with E-state index in [0.29, 0.717) is 10.7 Å². The van der Waals surface area contributed by atoms with E-state index in [2.05, 4.69) is 37.6 Å². The van der Waals surface area contributed by atoms with Gasteiger partial charge in [-0.3, -0.25) is 0 Å². The third kappa shape index (κ3) is 2.75. The molecular weight excluding hydrogens is 300 g/mol. The van der Waals surface area contributed by atoms with Crippen molar-refractivity contribution in [3.63, 3.8) is 0 Å². The summed E-state index contributed by atoms with van der Waals surface area (Å²) in [5, 5.41) is 15.8. The van der Waals surface area contributed by atoms with E-state index in [9.17, 15) is 0 Å². The summed E-state index contributed by atoms with van der Waals surface area (Å²) in [5.74, 6) is 0.587. The summed E-state index contributed by atoms with van der Waals surface area (Å²) in [6.45, 7) is 0. The molecular formula is C11H9BrN4S. The SMILES string of the molecule is CNc1nc(Nc2ccc(Br)cc2)c(C#N)s1. The Morgan fingerprint density at radius 1 is 1.35 bits per heavy atom. The molecule has 0 aliphatic heterocycles. The molecule has 0 radical (unpaired) electrons. The van der Waals surface area contributed by atoms with Gasteiger partial charge in [-0.2, -0.15) is 5.26 Å². The van der Waals surface area contributed by atoms with Gasteiger partial charge in [-0.05, 0) is 24.3 Å². The minimum atomic E-state index is 0.567. The Bertz CT molecular complexity index is 556. The van der Waals surface area contributed by atoms with Gasteiger partial charge in [0.15, 0.2) is 15.8 Å². The van der Waals surface area contributed by atoms with Crippen LogP contribution in [0.1, 0.15) is 4.88 Å². The average molecular weight is 309 g/mol. The second kappa shape index (κ2) is 5.17. The van der Waals surface area contributed by atoms with Gasteiger partial charge in [0.1, 0.15) is 6.07 Å². The second-order valence-electron chi connectivity index (χ2n) is 3.19. The Balaban J connectivity index is 2.26. The quantitative estimate of drug-likeness (QED) is 0.910. The van der Waals surface area contributed by atoms with E-state index in [0.717, 1.165) is 15.3 Å². The van der Waals surface area contributed by atoms with Crippen molar-refractivity contribution in [2.24, 2.45) is 0 Å². The minimum absolute atomic E-state index is 0.567. The third-order valence-electron chi connectivity index (χ3n) is 2.05. The van der Waals surface area contributed by atoms with E-state index < -0.39 is 0 Å². The lowest BCUT2D eigenvalue weighted by molar-refractivity contribution is 1.33. The largest absolute Gasteiger partial charge is 0.364 e. The van der Waals surface area contributed by atoms with Crippen LogP contribution >= 0.6 is 27.3 Å². The lowest BCUT2D eigenvalue weighted by atomic mass is 10.3. The Morgan fingerprint density at radius 2 is 2.06 bits per heavy atom. The van der Waals surface area contributed by atoms with Gasteiger partial charge in [-0.1, -0.05) is 27.3 Å². The number of benzene rings is 1. The summed E-state index contributed by atoms with van der Waals surface area (Å²) in [6, 6.07) is 9.83. The van der Waals surface area contributed by atoms with Gasteiger partial charge in [0.2, 0.25) is 0 Å². The van der Waals surface area contributed by atoms with Crippen LogP contribution in [-0.4, -0.2) is 12.0 Å². The van der Waals surface area contributed by atoms with Gasteiger partial charge in [0, 0.05) is 17.2 Å². The first-order valence-corrected chi connectivity index (χ1v) is 6.45. The molecule has 0 amide bonds. The van der Waals surface area contributed by atoms with Crippen LogP contribution in [0.25, 0.3) is 0 Å².